The maximum Gasteiger partial charge on any atom is 0.243 e. The molecule has 3 aromatic carbocycles. The predicted molar refractivity (Wildman–Crippen MR) is 126 cm³/mol. The fourth-order valence-electron chi connectivity index (χ4n) is 3.53. The van der Waals surface area contributed by atoms with Crippen LogP contribution in [-0.2, 0) is 16.2 Å². The first-order valence-corrected chi connectivity index (χ1v) is 11.0. The van der Waals surface area contributed by atoms with Crippen molar-refractivity contribution in [3.05, 3.63) is 87.9 Å². The largest absolute Gasteiger partial charge is 0.487 e. The molecule has 0 bridgehead atoms. The first kappa shape index (κ1) is 23.8. The van der Waals surface area contributed by atoms with Crippen LogP contribution >= 0.6 is 23.2 Å². The van der Waals surface area contributed by atoms with Crippen LogP contribution in [0, 0.1) is 17.6 Å². The minimum absolute atomic E-state index is 0.00950. The van der Waals surface area contributed by atoms with Gasteiger partial charge in [0.1, 0.15) is 24.0 Å². The second kappa shape index (κ2) is 10.3. The molecule has 1 aliphatic heterocycles. The lowest BCUT2D eigenvalue weighted by molar-refractivity contribution is -0.125. The van der Waals surface area contributed by atoms with Gasteiger partial charge in [-0.3, -0.25) is 20.4 Å². The Morgan fingerprint density at radius 3 is 2.59 bits per heavy atom. The summed E-state index contributed by atoms with van der Waals surface area (Å²) in [5.41, 5.74) is 6.38. The number of ether oxygens (including phenoxy) is 1. The van der Waals surface area contributed by atoms with Crippen LogP contribution in [0.3, 0.4) is 0 Å². The fourth-order valence-corrected chi connectivity index (χ4v) is 3.92. The molecule has 1 aliphatic rings. The Morgan fingerprint density at radius 2 is 1.85 bits per heavy atom. The lowest BCUT2D eigenvalue weighted by Crippen LogP contribution is -2.36. The van der Waals surface area contributed by atoms with Gasteiger partial charge in [-0.2, -0.15) is 0 Å². The lowest BCUT2D eigenvalue weighted by atomic mass is 10.1. The predicted octanol–water partition coefficient (Wildman–Crippen LogP) is 5.35. The molecular weight excluding hydrogens is 487 g/mol. The Labute approximate surface area is 204 Å². The SMILES string of the molecule is O=C(NNc1cc(Cl)ccc1OCc1c(F)cccc1Cl)[C@H]1CC(=O)N(c2ccc(F)cc2)C1. The number of hydrogen-bond donors (Lipinski definition) is 2. The highest BCUT2D eigenvalue weighted by molar-refractivity contribution is 6.31. The maximum absolute atomic E-state index is 14.0. The van der Waals surface area contributed by atoms with Gasteiger partial charge in [-0.1, -0.05) is 29.3 Å². The summed E-state index contributed by atoms with van der Waals surface area (Å²) < 4.78 is 32.9. The van der Waals surface area contributed by atoms with E-state index in [2.05, 4.69) is 10.9 Å². The van der Waals surface area contributed by atoms with Crippen molar-refractivity contribution < 1.29 is 23.1 Å². The molecule has 0 radical (unpaired) electrons. The number of hydrazine groups is 1. The van der Waals surface area contributed by atoms with Gasteiger partial charge in [0.25, 0.3) is 0 Å². The molecule has 0 saturated carbocycles. The molecule has 10 heteroatoms. The van der Waals surface area contributed by atoms with E-state index in [1.54, 1.807) is 18.2 Å². The minimum atomic E-state index is -0.620. The van der Waals surface area contributed by atoms with Crippen LogP contribution in [0.25, 0.3) is 0 Å². The molecule has 0 aliphatic carbocycles. The van der Waals surface area contributed by atoms with E-state index in [-0.39, 0.29) is 36.1 Å². The molecule has 2 N–H and O–H groups in total. The van der Waals surface area contributed by atoms with Crippen LogP contribution in [-0.4, -0.2) is 18.4 Å². The minimum Gasteiger partial charge on any atom is -0.487 e. The molecule has 0 unspecified atom stereocenters. The normalized spacial score (nSPS) is 15.4. The van der Waals surface area contributed by atoms with E-state index >= 15 is 0 Å². The van der Waals surface area contributed by atoms with E-state index in [9.17, 15) is 18.4 Å². The summed E-state index contributed by atoms with van der Waals surface area (Å²) >= 11 is 12.1. The van der Waals surface area contributed by atoms with Crippen molar-refractivity contribution in [3.8, 4) is 5.75 Å². The quantitative estimate of drug-likeness (QED) is 0.424. The van der Waals surface area contributed by atoms with E-state index in [1.807, 2.05) is 0 Å². The topological polar surface area (TPSA) is 70.7 Å². The molecule has 176 valence electrons. The zero-order valence-corrected chi connectivity index (χ0v) is 19.2. The van der Waals surface area contributed by atoms with E-state index in [4.69, 9.17) is 27.9 Å². The van der Waals surface area contributed by atoms with E-state index in [0.29, 0.717) is 22.1 Å². The maximum atomic E-state index is 14.0. The van der Waals surface area contributed by atoms with E-state index in [1.165, 1.54) is 47.4 Å². The van der Waals surface area contributed by atoms with Gasteiger partial charge in [0.15, 0.2) is 0 Å². The highest BCUT2D eigenvalue weighted by Gasteiger charge is 2.35. The van der Waals surface area contributed by atoms with Gasteiger partial charge < -0.3 is 9.64 Å². The van der Waals surface area contributed by atoms with Crippen molar-refractivity contribution in [2.45, 2.75) is 13.0 Å². The number of nitrogens with one attached hydrogen (secondary N) is 2. The Kier molecular flexibility index (Phi) is 7.19. The van der Waals surface area contributed by atoms with Gasteiger partial charge in [-0.05, 0) is 54.6 Å². The smallest absolute Gasteiger partial charge is 0.243 e. The molecule has 2 amide bonds. The van der Waals surface area contributed by atoms with Gasteiger partial charge >= 0.3 is 0 Å². The summed E-state index contributed by atoms with van der Waals surface area (Å²) in [6.45, 7) is 0.0161. The van der Waals surface area contributed by atoms with Crippen molar-refractivity contribution in [1.29, 1.82) is 0 Å². The average molecular weight is 506 g/mol. The molecule has 1 fully saturated rings. The van der Waals surface area contributed by atoms with Crippen molar-refractivity contribution in [2.75, 3.05) is 16.9 Å². The Balaban J connectivity index is 1.40. The number of carbonyl (C=O) groups excluding carboxylic acids is 2. The van der Waals surface area contributed by atoms with Gasteiger partial charge in [-0.15, -0.1) is 0 Å². The third-order valence-corrected chi connectivity index (χ3v) is 5.92. The molecule has 0 aromatic heterocycles. The average Bonchev–Trinajstić information content (AvgIpc) is 3.20. The number of benzene rings is 3. The molecule has 3 aromatic rings. The second-order valence-corrected chi connectivity index (χ2v) is 8.47. The highest BCUT2D eigenvalue weighted by Crippen LogP contribution is 2.30. The van der Waals surface area contributed by atoms with Gasteiger partial charge in [-0.25, -0.2) is 8.78 Å². The molecule has 6 nitrogen and oxygen atoms in total. The monoisotopic (exact) mass is 505 g/mol. The first-order chi connectivity index (χ1) is 16.3. The van der Waals surface area contributed by atoms with Gasteiger partial charge in [0, 0.05) is 29.2 Å². The second-order valence-electron chi connectivity index (χ2n) is 7.63. The number of amides is 2. The summed E-state index contributed by atoms with van der Waals surface area (Å²) in [5, 5.41) is 0.611. The summed E-state index contributed by atoms with van der Waals surface area (Å²) in [7, 11) is 0. The van der Waals surface area contributed by atoms with Crippen LogP contribution in [0.4, 0.5) is 20.2 Å². The van der Waals surface area contributed by atoms with Crippen LogP contribution in [0.15, 0.2) is 60.7 Å². The molecule has 1 heterocycles. The summed E-state index contributed by atoms with van der Waals surface area (Å²) in [5.74, 6) is -1.88. The van der Waals surface area contributed by atoms with Crippen LogP contribution in [0.5, 0.6) is 5.75 Å². The Morgan fingerprint density at radius 1 is 1.09 bits per heavy atom. The summed E-state index contributed by atoms with van der Waals surface area (Å²) in [6, 6.07) is 14.5. The third kappa shape index (κ3) is 5.40. The number of rotatable bonds is 7. The highest BCUT2D eigenvalue weighted by atomic mass is 35.5. The summed E-state index contributed by atoms with van der Waals surface area (Å²) in [6.07, 6.45) is 0.00950. The van der Waals surface area contributed by atoms with Crippen LogP contribution in [0.2, 0.25) is 10.0 Å². The molecular formula is C24H19Cl2F2N3O3. The molecule has 4 rings (SSSR count). The van der Waals surface area contributed by atoms with E-state index < -0.39 is 23.5 Å². The zero-order chi connectivity index (χ0) is 24.2. The number of anilines is 2. The first-order valence-electron chi connectivity index (χ1n) is 10.3. The number of halogens is 4. The fraction of sp³-hybridized carbons (Fsp3) is 0.167. The molecule has 1 atom stereocenters. The van der Waals surface area contributed by atoms with Crippen molar-refractivity contribution in [1.82, 2.24) is 5.43 Å². The standard InChI is InChI=1S/C24H19Cl2F2N3O3/c25-15-4-9-22(34-13-18-19(26)2-1-3-20(18)28)21(11-15)29-30-24(33)14-10-23(32)31(12-14)17-7-5-16(27)6-8-17/h1-9,11,14,29H,10,12-13H2,(H,30,33)/t14-/m0/s1. The van der Waals surface area contributed by atoms with Crippen molar-refractivity contribution in [3.63, 3.8) is 0 Å². The zero-order valence-electron chi connectivity index (χ0n) is 17.7. The van der Waals surface area contributed by atoms with Crippen LogP contribution < -0.4 is 20.5 Å². The number of carbonyl (C=O) groups is 2. The number of hydrogen-bond acceptors (Lipinski definition) is 4. The van der Waals surface area contributed by atoms with Gasteiger partial charge in [0.05, 0.1) is 16.6 Å². The van der Waals surface area contributed by atoms with Gasteiger partial charge in [0.2, 0.25) is 11.8 Å². The molecule has 34 heavy (non-hydrogen) atoms. The van der Waals surface area contributed by atoms with Crippen LogP contribution in [0.1, 0.15) is 12.0 Å². The Hall–Kier alpha value is -3.36. The Bertz CT molecular complexity index is 1200. The third-order valence-electron chi connectivity index (χ3n) is 5.33. The van der Waals surface area contributed by atoms with E-state index in [0.717, 1.165) is 0 Å². The molecule has 0 spiro atoms. The lowest BCUT2D eigenvalue weighted by Gasteiger charge is -2.18. The number of nitrogens with zero attached hydrogens (tertiary/aromatic N) is 1. The summed E-state index contributed by atoms with van der Waals surface area (Å²) in [4.78, 5) is 26.5. The molecule has 1 saturated heterocycles. The van der Waals surface area contributed by atoms with Crippen molar-refractivity contribution in [2.24, 2.45) is 5.92 Å². The van der Waals surface area contributed by atoms with Crippen molar-refractivity contribution >= 4 is 46.4 Å².